The van der Waals surface area contributed by atoms with Gasteiger partial charge in [0.2, 0.25) is 41.4 Å². The van der Waals surface area contributed by atoms with Gasteiger partial charge < -0.3 is 40.7 Å². The summed E-state index contributed by atoms with van der Waals surface area (Å²) >= 11 is 12.8. The molecule has 0 radical (unpaired) electrons. The number of benzene rings is 1. The van der Waals surface area contributed by atoms with Crippen LogP contribution in [-0.2, 0) is 44.7 Å². The van der Waals surface area contributed by atoms with Crippen LogP contribution in [0.25, 0.3) is 0 Å². The largest absolute Gasteiger partial charge is 0.403 e. The van der Waals surface area contributed by atoms with Crippen molar-refractivity contribution in [1.82, 2.24) is 36.0 Å². The van der Waals surface area contributed by atoms with Crippen LogP contribution >= 0.6 is 23.2 Å². The molecule has 2 heterocycles. The van der Waals surface area contributed by atoms with Crippen LogP contribution in [0, 0.1) is 16.7 Å². The Bertz CT molecular complexity index is 2030. The van der Waals surface area contributed by atoms with Crippen LogP contribution in [0.1, 0.15) is 104 Å². The normalized spacial score (nSPS) is 26.2. The summed E-state index contributed by atoms with van der Waals surface area (Å²) in [5.41, 5.74) is -4.34. The van der Waals surface area contributed by atoms with E-state index in [9.17, 15) is 46.7 Å². The summed E-state index contributed by atoms with van der Waals surface area (Å²) < 4.78 is 64.3. The van der Waals surface area contributed by atoms with E-state index >= 15 is 4.39 Å². The van der Waals surface area contributed by atoms with Crippen molar-refractivity contribution < 1.29 is 55.9 Å². The summed E-state index contributed by atoms with van der Waals surface area (Å²) in [6.07, 6.45) is -5.87. The van der Waals surface area contributed by atoms with Crippen LogP contribution in [0.15, 0.2) is 18.2 Å². The highest BCUT2D eigenvalue weighted by Gasteiger charge is 2.73. The first-order chi connectivity index (χ1) is 31.3. The van der Waals surface area contributed by atoms with Crippen LogP contribution in [0.5, 0.6) is 0 Å². The lowest BCUT2D eigenvalue weighted by Crippen LogP contribution is -2.66. The van der Waals surface area contributed by atoms with E-state index in [0.29, 0.717) is 34.7 Å². The second kappa shape index (κ2) is 21.6. The summed E-state index contributed by atoms with van der Waals surface area (Å²) in [6.45, 7) is 6.00. The van der Waals surface area contributed by atoms with Gasteiger partial charge in [0.1, 0.15) is 47.3 Å². The predicted octanol–water partition coefficient (Wildman–Crippen LogP) is 4.89. The van der Waals surface area contributed by atoms with Crippen molar-refractivity contribution in [1.29, 1.82) is 0 Å². The molecular weight excluding hydrogens is 925 g/mol. The zero-order valence-electron chi connectivity index (χ0n) is 39.3. The minimum atomic E-state index is -4.93. The van der Waals surface area contributed by atoms with Crippen molar-refractivity contribution in [3.63, 3.8) is 0 Å². The van der Waals surface area contributed by atoms with Crippen molar-refractivity contribution in [3.05, 3.63) is 33.8 Å². The number of ether oxygens (including phenoxy) is 1. The van der Waals surface area contributed by atoms with Crippen LogP contribution in [0.2, 0.25) is 10.0 Å². The van der Waals surface area contributed by atoms with Crippen LogP contribution in [0.4, 0.5) is 17.6 Å². The predicted molar refractivity (Wildman–Crippen MR) is 241 cm³/mol. The van der Waals surface area contributed by atoms with E-state index in [-0.39, 0.29) is 56.2 Å². The Balaban J connectivity index is 1.42. The molecule has 4 N–H and O–H groups in total. The number of halogens is 6. The van der Waals surface area contributed by atoms with E-state index in [1.165, 1.54) is 40.0 Å². The molecule has 0 unspecified atom stereocenters. The molecule has 0 aromatic heterocycles. The first-order valence-corrected chi connectivity index (χ1v) is 23.7. The Morgan fingerprint density at radius 2 is 1.70 bits per heavy atom. The number of hydrogen-bond donors (Lipinski definition) is 4. The number of hydrogen-bond acceptors (Lipinski definition) is 8. The average molecular weight is 991 g/mol. The molecule has 4 aliphatic rings. The molecule has 15 nitrogen and oxygen atoms in total. The minimum Gasteiger partial charge on any atom is -0.385 e. The maximum Gasteiger partial charge on any atom is 0.403 e. The number of likely N-dealkylation sites (N-methyl/N-ethyl adjacent to an activating group) is 2. The number of amides is 7. The number of nitrogens with one attached hydrogen (secondary N) is 4. The third-order valence-corrected chi connectivity index (χ3v) is 14.5. The van der Waals surface area contributed by atoms with Crippen LogP contribution in [0.3, 0.4) is 0 Å². The second-order valence-electron chi connectivity index (χ2n) is 19.9. The standard InChI is InChI=1S/C46H65Cl2F4N7O8/c1-26(2)19-32-40(64)58(6)34(21-27-20-28(47)12-13-30(27)48)38(62)56-43(3,4)41(65)53-17-9-8-11-33(36(60)55-32)57(5)39(63)31(14-18-67-7)54-37(61)35-22-29(49)23-59(35)42(66)45(46(50,51)52)24-44(25-45)15-10-16-44/h12-13,20,26,29,31-35H,8-11,14-19,21-25H2,1-7H3,(H,53,65)(H,54,61)(H,55,60)(H,56,62)/t29-,31+,32+,33+,34+,35+/m1/s1. The van der Waals surface area contributed by atoms with E-state index < -0.39 is 126 Å². The molecule has 21 heteroatoms. The molecule has 2 saturated heterocycles. The molecule has 6 atom stereocenters. The molecule has 2 aliphatic heterocycles. The van der Waals surface area contributed by atoms with Gasteiger partial charge in [-0.25, -0.2) is 4.39 Å². The lowest BCUT2D eigenvalue weighted by molar-refractivity contribution is -0.285. The number of nitrogens with zero attached hydrogens (tertiary/aromatic N) is 3. The second-order valence-corrected chi connectivity index (χ2v) is 20.7. The molecule has 1 aromatic carbocycles. The molecule has 7 amide bonds. The smallest absolute Gasteiger partial charge is 0.385 e. The lowest BCUT2D eigenvalue weighted by Gasteiger charge is -2.60. The fourth-order valence-electron chi connectivity index (χ4n) is 9.93. The SMILES string of the molecule is COCC[C@H](NC(=O)[C@@H]1C[C@@H](F)CN1C(=O)C1(C(F)(F)F)CC2(CCC2)C1)C(=O)N(C)[C@H]1CCCCNC(=O)C(C)(C)NC(=O)[C@H](Cc2cc(Cl)ccc2Cl)N(C)C(=O)[C@H](CC(C)C)NC1=O. The van der Waals surface area contributed by atoms with Gasteiger partial charge in [-0.3, -0.25) is 33.6 Å². The zero-order valence-corrected chi connectivity index (χ0v) is 40.8. The summed E-state index contributed by atoms with van der Waals surface area (Å²) in [4.78, 5) is 102. The van der Waals surface area contributed by atoms with Gasteiger partial charge in [0.15, 0.2) is 0 Å². The third-order valence-electron chi connectivity index (χ3n) is 13.9. The quantitative estimate of drug-likeness (QED) is 0.213. The Labute approximate surface area is 399 Å². The minimum absolute atomic E-state index is 0.0127. The maximum atomic E-state index is 15.1. The van der Waals surface area contributed by atoms with Gasteiger partial charge in [0.05, 0.1) is 6.54 Å². The number of alkyl halides is 4. The van der Waals surface area contributed by atoms with Crippen LogP contribution in [-0.4, -0.2) is 145 Å². The fraction of sp³-hybridized carbons (Fsp3) is 0.717. The number of likely N-dealkylation sites (tertiary alicyclic amines) is 1. The summed E-state index contributed by atoms with van der Waals surface area (Å²) in [5, 5.41) is 11.5. The third kappa shape index (κ3) is 12.1. The molecule has 0 bridgehead atoms. The van der Waals surface area contributed by atoms with Crippen LogP contribution < -0.4 is 21.3 Å². The van der Waals surface area contributed by atoms with E-state index in [0.717, 1.165) is 11.3 Å². The Kier molecular flexibility index (Phi) is 17.3. The number of carbonyl (C=O) groups is 7. The molecule has 4 fully saturated rings. The van der Waals surface area contributed by atoms with Gasteiger partial charge in [-0.2, -0.15) is 13.2 Å². The number of methoxy groups -OCH3 is 1. The van der Waals surface area contributed by atoms with Gasteiger partial charge in [0.25, 0.3) is 0 Å². The topological polar surface area (TPSA) is 187 Å². The first kappa shape index (κ1) is 53.7. The highest BCUT2D eigenvalue weighted by Crippen LogP contribution is 2.69. The molecule has 374 valence electrons. The van der Waals surface area contributed by atoms with Gasteiger partial charge in [0, 0.05) is 57.2 Å². The highest BCUT2D eigenvalue weighted by atomic mass is 35.5. The average Bonchev–Trinajstić information content (AvgIpc) is 3.61. The van der Waals surface area contributed by atoms with Gasteiger partial charge in [-0.1, -0.05) is 43.5 Å². The van der Waals surface area contributed by atoms with E-state index in [1.807, 2.05) is 13.8 Å². The first-order valence-electron chi connectivity index (χ1n) is 23.0. The monoisotopic (exact) mass is 989 g/mol. The maximum absolute atomic E-state index is 15.1. The summed E-state index contributed by atoms with van der Waals surface area (Å²) in [5.74, 6) is -5.97. The number of rotatable bonds is 12. The summed E-state index contributed by atoms with van der Waals surface area (Å²) in [6, 6.07) is -2.18. The Morgan fingerprint density at radius 1 is 1.03 bits per heavy atom. The van der Waals surface area contributed by atoms with Gasteiger partial charge in [-0.05, 0) is 107 Å². The van der Waals surface area contributed by atoms with Gasteiger partial charge >= 0.3 is 6.18 Å². The van der Waals surface area contributed by atoms with Crippen molar-refractivity contribution in [2.24, 2.45) is 16.7 Å². The van der Waals surface area contributed by atoms with Gasteiger partial charge in [-0.15, -0.1) is 0 Å². The van der Waals surface area contributed by atoms with Crippen molar-refractivity contribution in [2.75, 3.05) is 40.9 Å². The van der Waals surface area contributed by atoms with E-state index in [2.05, 4.69) is 21.3 Å². The van der Waals surface area contributed by atoms with Crippen molar-refractivity contribution >= 4 is 64.6 Å². The molecule has 2 saturated carbocycles. The van der Waals surface area contributed by atoms with Crippen molar-refractivity contribution in [3.8, 4) is 0 Å². The van der Waals surface area contributed by atoms with E-state index in [4.69, 9.17) is 27.9 Å². The molecule has 1 spiro atoms. The zero-order chi connectivity index (χ0) is 49.8. The molecular formula is C46H65Cl2F4N7O8. The number of carbonyl (C=O) groups excluding carboxylic acids is 7. The summed E-state index contributed by atoms with van der Waals surface area (Å²) in [7, 11) is 4.06. The highest BCUT2D eigenvalue weighted by molar-refractivity contribution is 6.33. The molecule has 67 heavy (non-hydrogen) atoms. The van der Waals surface area contributed by atoms with E-state index in [1.54, 1.807) is 18.2 Å². The molecule has 1 aromatic rings. The lowest BCUT2D eigenvalue weighted by atomic mass is 9.44. The molecule has 2 aliphatic carbocycles. The Morgan fingerprint density at radius 3 is 2.30 bits per heavy atom. The van der Waals surface area contributed by atoms with Crippen molar-refractivity contribution in [2.45, 2.75) is 153 Å². The fourth-order valence-corrected chi connectivity index (χ4v) is 10.3. The molecule has 5 rings (SSSR count). The Hall–Kier alpha value is -4.23.